The summed E-state index contributed by atoms with van der Waals surface area (Å²) in [5, 5.41) is 2.39. The summed E-state index contributed by atoms with van der Waals surface area (Å²) < 4.78 is 0. The Hall–Kier alpha value is -2.71. The summed E-state index contributed by atoms with van der Waals surface area (Å²) in [5.41, 5.74) is 10.2. The summed E-state index contributed by atoms with van der Waals surface area (Å²) >= 11 is 0. The Labute approximate surface area is 109 Å². The number of guanidine groups is 1. The fourth-order valence-corrected chi connectivity index (χ4v) is 1.17. The molecule has 5 N–H and O–H groups in total. The summed E-state index contributed by atoms with van der Waals surface area (Å²) in [6, 6.07) is 0. The highest BCUT2D eigenvalue weighted by Crippen LogP contribution is 2.15. The molecule has 0 saturated heterocycles. The van der Waals surface area contributed by atoms with E-state index in [0.717, 1.165) is 0 Å². The van der Waals surface area contributed by atoms with E-state index in [4.69, 9.17) is 11.5 Å². The molecular weight excluding hydrogens is 250 g/mol. The van der Waals surface area contributed by atoms with Crippen LogP contribution in [-0.4, -0.2) is 41.8 Å². The van der Waals surface area contributed by atoms with Crippen molar-refractivity contribution in [1.82, 2.24) is 9.97 Å². The molecule has 0 saturated carbocycles. The van der Waals surface area contributed by atoms with Crippen LogP contribution in [0, 0.1) is 0 Å². The molecular formula is C10H15N7O2. The summed E-state index contributed by atoms with van der Waals surface area (Å²) in [6.45, 7) is 1.29. The normalized spacial score (nSPS) is 9.63. The van der Waals surface area contributed by atoms with Crippen LogP contribution in [-0.2, 0) is 4.79 Å². The second-order valence-corrected chi connectivity index (χ2v) is 3.84. The van der Waals surface area contributed by atoms with Crippen LogP contribution < -0.4 is 21.7 Å². The van der Waals surface area contributed by atoms with Crippen molar-refractivity contribution >= 4 is 29.4 Å². The fourth-order valence-electron chi connectivity index (χ4n) is 1.17. The Kier molecular flexibility index (Phi) is 4.35. The van der Waals surface area contributed by atoms with E-state index < -0.39 is 11.9 Å². The van der Waals surface area contributed by atoms with E-state index in [1.807, 2.05) is 0 Å². The van der Waals surface area contributed by atoms with Gasteiger partial charge in [0.15, 0.2) is 17.5 Å². The van der Waals surface area contributed by atoms with Crippen LogP contribution in [0.4, 0.5) is 11.6 Å². The van der Waals surface area contributed by atoms with Gasteiger partial charge in [0.2, 0.25) is 5.91 Å². The Balaban J connectivity index is 3.29. The van der Waals surface area contributed by atoms with Crippen LogP contribution in [0.3, 0.4) is 0 Å². The zero-order valence-corrected chi connectivity index (χ0v) is 10.8. The van der Waals surface area contributed by atoms with Crippen molar-refractivity contribution in [2.75, 3.05) is 24.3 Å². The van der Waals surface area contributed by atoms with Gasteiger partial charge < -0.3 is 21.7 Å². The molecule has 0 spiro atoms. The van der Waals surface area contributed by atoms with Crippen molar-refractivity contribution in [3.8, 4) is 0 Å². The highest BCUT2D eigenvalue weighted by atomic mass is 16.2. The topological polar surface area (TPSA) is 140 Å². The number of carbonyl (C=O) groups excluding carboxylic acids is 2. The van der Waals surface area contributed by atoms with E-state index >= 15 is 0 Å². The fraction of sp³-hybridized carbons (Fsp3) is 0.300. The Morgan fingerprint density at radius 1 is 1.37 bits per heavy atom. The minimum Gasteiger partial charge on any atom is -0.370 e. The van der Waals surface area contributed by atoms with E-state index in [-0.39, 0.29) is 17.4 Å². The number of amides is 2. The lowest BCUT2D eigenvalue weighted by Gasteiger charge is -2.13. The molecule has 1 aromatic heterocycles. The number of aromatic nitrogens is 2. The standard InChI is InChI=1S/C10H15N7O2/c1-5(18)14-8-7(9(19)16-10(11)12)15-6(4-13-8)17(2)3/h4H,1-3H3,(H,13,14,18)(H4,11,12,16,19). The predicted molar refractivity (Wildman–Crippen MR) is 70.8 cm³/mol. The third-order valence-corrected chi connectivity index (χ3v) is 1.95. The van der Waals surface area contributed by atoms with Gasteiger partial charge in [0.05, 0.1) is 6.20 Å². The minimum absolute atomic E-state index is 0.00750. The molecule has 19 heavy (non-hydrogen) atoms. The van der Waals surface area contributed by atoms with E-state index in [0.29, 0.717) is 5.82 Å². The molecule has 0 bridgehead atoms. The average molecular weight is 265 g/mol. The lowest BCUT2D eigenvalue weighted by Crippen LogP contribution is -2.25. The van der Waals surface area contributed by atoms with Crippen LogP contribution in [0.1, 0.15) is 17.4 Å². The second kappa shape index (κ2) is 5.76. The number of nitrogens with one attached hydrogen (secondary N) is 1. The first kappa shape index (κ1) is 14.4. The lowest BCUT2D eigenvalue weighted by atomic mass is 10.3. The number of aliphatic imine (C=N–C) groups is 1. The van der Waals surface area contributed by atoms with Gasteiger partial charge >= 0.3 is 5.91 Å². The highest BCUT2D eigenvalue weighted by molar-refractivity contribution is 6.05. The van der Waals surface area contributed by atoms with Gasteiger partial charge in [-0.25, -0.2) is 9.97 Å². The van der Waals surface area contributed by atoms with Crippen LogP contribution in [0.5, 0.6) is 0 Å². The van der Waals surface area contributed by atoms with Crippen molar-refractivity contribution in [2.45, 2.75) is 6.92 Å². The zero-order chi connectivity index (χ0) is 14.6. The first-order chi connectivity index (χ1) is 8.81. The third kappa shape index (κ3) is 3.91. The summed E-state index contributed by atoms with van der Waals surface area (Å²) in [6.07, 6.45) is 1.41. The molecule has 0 aliphatic heterocycles. The highest BCUT2D eigenvalue weighted by Gasteiger charge is 2.17. The predicted octanol–water partition coefficient (Wildman–Crippen LogP) is -1.09. The van der Waals surface area contributed by atoms with Gasteiger partial charge in [-0.3, -0.25) is 9.59 Å². The molecule has 0 fully saturated rings. The number of nitrogens with two attached hydrogens (primary N) is 2. The molecule has 0 radical (unpaired) electrons. The van der Waals surface area contributed by atoms with Crippen molar-refractivity contribution in [2.24, 2.45) is 16.5 Å². The minimum atomic E-state index is -0.778. The molecule has 1 heterocycles. The Morgan fingerprint density at radius 2 is 2.00 bits per heavy atom. The average Bonchev–Trinajstić information content (AvgIpc) is 2.27. The van der Waals surface area contributed by atoms with Crippen molar-refractivity contribution in [3.05, 3.63) is 11.9 Å². The third-order valence-electron chi connectivity index (χ3n) is 1.95. The quantitative estimate of drug-likeness (QED) is 0.466. The zero-order valence-electron chi connectivity index (χ0n) is 10.8. The maximum Gasteiger partial charge on any atom is 0.302 e. The number of hydrogen-bond acceptors (Lipinski definition) is 5. The van der Waals surface area contributed by atoms with Gasteiger partial charge in [0, 0.05) is 21.0 Å². The maximum absolute atomic E-state index is 11.8. The maximum atomic E-state index is 11.8. The second-order valence-electron chi connectivity index (χ2n) is 3.84. The van der Waals surface area contributed by atoms with Crippen molar-refractivity contribution in [1.29, 1.82) is 0 Å². The number of hydrogen-bond donors (Lipinski definition) is 3. The van der Waals surface area contributed by atoms with Gasteiger partial charge in [0.1, 0.15) is 5.82 Å². The van der Waals surface area contributed by atoms with Gasteiger partial charge in [-0.1, -0.05) is 0 Å². The summed E-state index contributed by atoms with van der Waals surface area (Å²) in [7, 11) is 3.47. The Morgan fingerprint density at radius 3 is 2.47 bits per heavy atom. The molecule has 9 nitrogen and oxygen atoms in total. The smallest absolute Gasteiger partial charge is 0.302 e. The van der Waals surface area contributed by atoms with Crippen LogP contribution in [0.2, 0.25) is 0 Å². The van der Waals surface area contributed by atoms with Crippen molar-refractivity contribution < 1.29 is 9.59 Å². The summed E-state index contributed by atoms with van der Waals surface area (Å²) in [5.74, 6) is -1.11. The van der Waals surface area contributed by atoms with Crippen LogP contribution >= 0.6 is 0 Å². The monoisotopic (exact) mass is 265 g/mol. The number of carbonyl (C=O) groups is 2. The molecule has 0 aliphatic carbocycles. The lowest BCUT2D eigenvalue weighted by molar-refractivity contribution is -0.114. The number of rotatable bonds is 3. The Bertz CT molecular complexity index is 535. The van der Waals surface area contributed by atoms with E-state index in [1.54, 1.807) is 19.0 Å². The first-order valence-corrected chi connectivity index (χ1v) is 5.27. The first-order valence-electron chi connectivity index (χ1n) is 5.27. The van der Waals surface area contributed by atoms with Gasteiger partial charge in [-0.15, -0.1) is 0 Å². The molecule has 9 heteroatoms. The molecule has 102 valence electrons. The van der Waals surface area contributed by atoms with E-state index in [1.165, 1.54) is 13.1 Å². The molecule has 0 aliphatic rings. The van der Waals surface area contributed by atoms with Gasteiger partial charge in [-0.2, -0.15) is 4.99 Å². The number of nitrogens with zero attached hydrogens (tertiary/aromatic N) is 4. The molecule has 0 aromatic carbocycles. The van der Waals surface area contributed by atoms with E-state index in [2.05, 4.69) is 20.3 Å². The molecule has 0 unspecified atom stereocenters. The molecule has 2 amide bonds. The summed E-state index contributed by atoms with van der Waals surface area (Å²) in [4.78, 5) is 35.9. The van der Waals surface area contributed by atoms with Gasteiger partial charge in [-0.05, 0) is 0 Å². The largest absolute Gasteiger partial charge is 0.370 e. The van der Waals surface area contributed by atoms with Gasteiger partial charge in [0.25, 0.3) is 0 Å². The SMILES string of the molecule is CC(=O)Nc1ncc(N(C)C)nc1C(=O)N=C(N)N. The van der Waals surface area contributed by atoms with Crippen LogP contribution in [0.25, 0.3) is 0 Å². The van der Waals surface area contributed by atoms with Crippen LogP contribution in [0.15, 0.2) is 11.2 Å². The number of anilines is 2. The van der Waals surface area contributed by atoms with E-state index in [9.17, 15) is 9.59 Å². The van der Waals surface area contributed by atoms with Crippen molar-refractivity contribution in [3.63, 3.8) is 0 Å². The molecule has 1 aromatic rings. The molecule has 0 atom stereocenters. The molecule has 1 rings (SSSR count).